The van der Waals surface area contributed by atoms with Gasteiger partial charge in [0.05, 0.1) is 0 Å². The number of hydrogen-bond acceptors (Lipinski definition) is 2. The van der Waals surface area contributed by atoms with Gasteiger partial charge in [-0.15, -0.1) is 0 Å². The lowest BCUT2D eigenvalue weighted by Crippen LogP contribution is -2.13. The molecule has 0 saturated heterocycles. The van der Waals surface area contributed by atoms with E-state index in [9.17, 15) is 0 Å². The second-order valence-electron chi connectivity index (χ2n) is 2.66. The van der Waals surface area contributed by atoms with Crippen LogP contribution in [0.5, 0.6) is 0 Å². The Bertz CT molecular complexity index is 275. The van der Waals surface area contributed by atoms with E-state index in [1.54, 1.807) is 7.11 Å². The van der Waals surface area contributed by atoms with Crippen LogP contribution in [0.15, 0.2) is 22.7 Å². The summed E-state index contributed by atoms with van der Waals surface area (Å²) in [5.74, 6) is 0. The predicted octanol–water partition coefficient (Wildman–Crippen LogP) is 2.36. The Morgan fingerprint density at radius 3 is 2.75 bits per heavy atom. The molecule has 0 aliphatic rings. The third-order valence-corrected chi connectivity index (χ3v) is 2.29. The van der Waals surface area contributed by atoms with Crippen LogP contribution in [-0.2, 0) is 4.74 Å². The molecular weight excluding hydrogens is 218 g/mol. The summed E-state index contributed by atoms with van der Waals surface area (Å²) in [5, 5.41) is 0. The van der Waals surface area contributed by atoms with Gasteiger partial charge in [-0.1, -0.05) is 22.0 Å². The normalized spacial score (nSPS) is 13.0. The molecule has 0 aliphatic heterocycles. The summed E-state index contributed by atoms with van der Waals surface area (Å²) in [5.41, 5.74) is 7.89. The standard InChI is InChI=1S/C9H12BrNO/c1-6-3-4-7(10)5-8(6)9(11)12-2/h3-5,9H,11H2,1-2H3. The minimum Gasteiger partial charge on any atom is -0.363 e. The summed E-state index contributed by atoms with van der Waals surface area (Å²) in [4.78, 5) is 0. The first kappa shape index (κ1) is 9.71. The van der Waals surface area contributed by atoms with Gasteiger partial charge in [0.1, 0.15) is 6.23 Å². The van der Waals surface area contributed by atoms with E-state index in [2.05, 4.69) is 15.9 Å². The Kier molecular flexibility index (Phi) is 3.26. The lowest BCUT2D eigenvalue weighted by Gasteiger charge is -2.12. The average molecular weight is 230 g/mol. The average Bonchev–Trinajstić information content (AvgIpc) is 2.08. The predicted molar refractivity (Wildman–Crippen MR) is 52.8 cm³/mol. The Balaban J connectivity index is 3.04. The van der Waals surface area contributed by atoms with E-state index in [1.807, 2.05) is 25.1 Å². The van der Waals surface area contributed by atoms with Crippen LogP contribution in [0, 0.1) is 6.92 Å². The minimum atomic E-state index is -0.331. The Morgan fingerprint density at radius 2 is 2.17 bits per heavy atom. The number of halogens is 1. The molecule has 0 spiro atoms. The van der Waals surface area contributed by atoms with E-state index >= 15 is 0 Å². The number of aryl methyl sites for hydroxylation is 1. The Morgan fingerprint density at radius 1 is 1.50 bits per heavy atom. The summed E-state index contributed by atoms with van der Waals surface area (Å²) in [7, 11) is 1.60. The first-order valence-electron chi connectivity index (χ1n) is 3.69. The molecular formula is C9H12BrNO. The zero-order valence-electron chi connectivity index (χ0n) is 7.17. The van der Waals surface area contributed by atoms with Crippen LogP contribution in [0.1, 0.15) is 17.4 Å². The molecule has 66 valence electrons. The largest absolute Gasteiger partial charge is 0.363 e. The third kappa shape index (κ3) is 2.06. The van der Waals surface area contributed by atoms with Crippen molar-refractivity contribution in [3.8, 4) is 0 Å². The number of rotatable bonds is 2. The molecule has 2 nitrogen and oxygen atoms in total. The second kappa shape index (κ2) is 4.03. The molecule has 2 N–H and O–H groups in total. The highest BCUT2D eigenvalue weighted by Crippen LogP contribution is 2.20. The van der Waals surface area contributed by atoms with Crippen LogP contribution < -0.4 is 5.73 Å². The number of methoxy groups -OCH3 is 1. The molecule has 12 heavy (non-hydrogen) atoms. The van der Waals surface area contributed by atoms with Crippen LogP contribution >= 0.6 is 15.9 Å². The lowest BCUT2D eigenvalue weighted by atomic mass is 10.1. The monoisotopic (exact) mass is 229 g/mol. The second-order valence-corrected chi connectivity index (χ2v) is 3.57. The maximum absolute atomic E-state index is 5.72. The molecule has 0 aliphatic carbocycles. The van der Waals surface area contributed by atoms with Gasteiger partial charge < -0.3 is 10.5 Å². The molecule has 0 amide bonds. The summed E-state index contributed by atoms with van der Waals surface area (Å²) in [6.45, 7) is 2.01. The topological polar surface area (TPSA) is 35.2 Å². The molecule has 0 saturated carbocycles. The van der Waals surface area contributed by atoms with E-state index in [4.69, 9.17) is 10.5 Å². The summed E-state index contributed by atoms with van der Waals surface area (Å²) in [6, 6.07) is 5.98. The fraction of sp³-hybridized carbons (Fsp3) is 0.333. The highest BCUT2D eigenvalue weighted by molar-refractivity contribution is 9.10. The highest BCUT2D eigenvalue weighted by Gasteiger charge is 2.07. The maximum Gasteiger partial charge on any atom is 0.131 e. The van der Waals surface area contributed by atoms with Crippen molar-refractivity contribution in [2.24, 2.45) is 5.73 Å². The van der Waals surface area contributed by atoms with Crippen LogP contribution in [-0.4, -0.2) is 7.11 Å². The van der Waals surface area contributed by atoms with Crippen molar-refractivity contribution in [2.45, 2.75) is 13.2 Å². The lowest BCUT2D eigenvalue weighted by molar-refractivity contribution is 0.109. The van der Waals surface area contributed by atoms with Crippen LogP contribution in [0.25, 0.3) is 0 Å². The van der Waals surface area contributed by atoms with Crippen molar-refractivity contribution in [1.29, 1.82) is 0 Å². The first-order chi connectivity index (χ1) is 5.65. The Hall–Kier alpha value is -0.380. The van der Waals surface area contributed by atoms with E-state index < -0.39 is 0 Å². The molecule has 1 rings (SSSR count). The third-order valence-electron chi connectivity index (χ3n) is 1.80. The molecule has 0 fully saturated rings. The number of benzene rings is 1. The van der Waals surface area contributed by atoms with Gasteiger partial charge in [-0.2, -0.15) is 0 Å². The SMILES string of the molecule is COC(N)c1cc(Br)ccc1C. The smallest absolute Gasteiger partial charge is 0.131 e. The number of hydrogen-bond donors (Lipinski definition) is 1. The van der Waals surface area contributed by atoms with Gasteiger partial charge in [0, 0.05) is 11.6 Å². The first-order valence-corrected chi connectivity index (χ1v) is 4.49. The molecule has 1 unspecified atom stereocenters. The Labute approximate surface area is 80.8 Å². The molecule has 1 aromatic carbocycles. The van der Waals surface area contributed by atoms with E-state index in [-0.39, 0.29) is 6.23 Å². The molecule has 0 aromatic heterocycles. The molecule has 1 aromatic rings. The molecule has 3 heteroatoms. The van der Waals surface area contributed by atoms with Crippen molar-refractivity contribution in [3.63, 3.8) is 0 Å². The van der Waals surface area contributed by atoms with Crippen LogP contribution in [0.2, 0.25) is 0 Å². The van der Waals surface area contributed by atoms with Gasteiger partial charge in [0.25, 0.3) is 0 Å². The summed E-state index contributed by atoms with van der Waals surface area (Å²) >= 11 is 3.38. The molecule has 0 radical (unpaired) electrons. The van der Waals surface area contributed by atoms with E-state index in [1.165, 1.54) is 0 Å². The van der Waals surface area contributed by atoms with Crippen molar-refractivity contribution in [2.75, 3.05) is 7.11 Å². The van der Waals surface area contributed by atoms with Crippen molar-refractivity contribution < 1.29 is 4.74 Å². The van der Waals surface area contributed by atoms with Gasteiger partial charge in [0.15, 0.2) is 0 Å². The van der Waals surface area contributed by atoms with Crippen LogP contribution in [0.4, 0.5) is 0 Å². The van der Waals surface area contributed by atoms with E-state index in [0.717, 1.165) is 15.6 Å². The quantitative estimate of drug-likeness (QED) is 0.791. The maximum atomic E-state index is 5.72. The van der Waals surface area contributed by atoms with Crippen molar-refractivity contribution >= 4 is 15.9 Å². The minimum absolute atomic E-state index is 0.331. The summed E-state index contributed by atoms with van der Waals surface area (Å²) < 4.78 is 6.05. The zero-order chi connectivity index (χ0) is 9.14. The van der Waals surface area contributed by atoms with Gasteiger partial charge in [-0.3, -0.25) is 0 Å². The number of ether oxygens (including phenoxy) is 1. The van der Waals surface area contributed by atoms with Crippen molar-refractivity contribution in [1.82, 2.24) is 0 Å². The fourth-order valence-corrected chi connectivity index (χ4v) is 1.42. The van der Waals surface area contributed by atoms with Crippen molar-refractivity contribution in [3.05, 3.63) is 33.8 Å². The van der Waals surface area contributed by atoms with Gasteiger partial charge in [-0.25, -0.2) is 0 Å². The summed E-state index contributed by atoms with van der Waals surface area (Å²) in [6.07, 6.45) is -0.331. The molecule has 0 heterocycles. The van der Waals surface area contributed by atoms with Crippen LogP contribution in [0.3, 0.4) is 0 Å². The van der Waals surface area contributed by atoms with Gasteiger partial charge in [-0.05, 0) is 30.2 Å². The van der Waals surface area contributed by atoms with Gasteiger partial charge in [0.2, 0.25) is 0 Å². The fourth-order valence-electron chi connectivity index (χ4n) is 1.04. The zero-order valence-corrected chi connectivity index (χ0v) is 8.76. The number of nitrogens with two attached hydrogens (primary N) is 1. The van der Waals surface area contributed by atoms with Gasteiger partial charge >= 0.3 is 0 Å². The highest BCUT2D eigenvalue weighted by atomic mass is 79.9. The molecule has 1 atom stereocenters. The molecule has 0 bridgehead atoms. The van der Waals surface area contributed by atoms with E-state index in [0.29, 0.717) is 0 Å².